The van der Waals surface area contributed by atoms with Crippen LogP contribution in [0.3, 0.4) is 0 Å². The lowest BCUT2D eigenvalue weighted by atomic mass is 10.0. The number of fused-ring (bicyclic) bond motifs is 1. The van der Waals surface area contributed by atoms with Crippen LogP contribution in [0.4, 0.5) is 0 Å². The highest BCUT2D eigenvalue weighted by Gasteiger charge is 2.42. The van der Waals surface area contributed by atoms with Crippen molar-refractivity contribution in [2.45, 2.75) is 12.0 Å². The molecule has 3 heterocycles. The number of rotatable bonds is 2. The Morgan fingerprint density at radius 2 is 2.16 bits per heavy atom. The molecule has 31 heavy (non-hydrogen) atoms. The van der Waals surface area contributed by atoms with Crippen LogP contribution < -0.4 is 0 Å². The van der Waals surface area contributed by atoms with Crippen LogP contribution in [-0.4, -0.2) is 63.0 Å². The molecule has 1 amide bonds. The van der Waals surface area contributed by atoms with Crippen LogP contribution in [-0.2, 0) is 9.53 Å². The van der Waals surface area contributed by atoms with Gasteiger partial charge < -0.3 is 14.7 Å². The highest BCUT2D eigenvalue weighted by molar-refractivity contribution is 6.02. The number of benzene rings is 1. The minimum absolute atomic E-state index is 0.0693. The highest BCUT2D eigenvalue weighted by atomic mass is 16.5. The van der Waals surface area contributed by atoms with Crippen LogP contribution >= 0.6 is 0 Å². The fourth-order valence-corrected chi connectivity index (χ4v) is 3.38. The molecule has 1 fully saturated rings. The normalized spacial score (nSPS) is 17.9. The van der Waals surface area contributed by atoms with Gasteiger partial charge in [0.25, 0.3) is 5.91 Å². The molecule has 1 aliphatic heterocycles. The zero-order chi connectivity index (χ0) is 22.2. The van der Waals surface area contributed by atoms with Crippen molar-refractivity contribution in [3.8, 4) is 23.6 Å². The molecular formula is C22H17N5O4. The summed E-state index contributed by atoms with van der Waals surface area (Å²) in [5.41, 5.74) is 0.166. The smallest absolute Gasteiger partial charge is 0.359 e. The van der Waals surface area contributed by atoms with Gasteiger partial charge in [0.1, 0.15) is 11.8 Å². The zero-order valence-corrected chi connectivity index (χ0v) is 16.8. The third-order valence-electron chi connectivity index (χ3n) is 5.07. The van der Waals surface area contributed by atoms with Gasteiger partial charge >= 0.3 is 5.97 Å². The summed E-state index contributed by atoms with van der Waals surface area (Å²) in [6.45, 7) is 0.439. The SMILES string of the molecule is COC(=O)c1nn(-c2cccc(C#CC3(O)CCN(C)C3=O)c2)c2cc(C#N)ncc12. The number of ether oxygens (including phenoxy) is 1. The van der Waals surface area contributed by atoms with Crippen LogP contribution in [0.1, 0.15) is 28.2 Å². The van der Waals surface area contributed by atoms with Crippen molar-refractivity contribution in [2.75, 3.05) is 20.7 Å². The molecule has 1 atom stereocenters. The Bertz CT molecular complexity index is 1330. The maximum atomic E-state index is 12.2. The number of carbonyl (C=O) groups excluding carboxylic acids is 2. The van der Waals surface area contributed by atoms with Crippen molar-refractivity contribution >= 4 is 22.8 Å². The largest absolute Gasteiger partial charge is 0.464 e. The van der Waals surface area contributed by atoms with E-state index >= 15 is 0 Å². The molecule has 0 saturated carbocycles. The van der Waals surface area contributed by atoms with Crippen molar-refractivity contribution < 1.29 is 19.4 Å². The van der Waals surface area contributed by atoms with E-state index in [9.17, 15) is 20.0 Å². The van der Waals surface area contributed by atoms with Crippen molar-refractivity contribution in [3.63, 3.8) is 0 Å². The predicted molar refractivity (Wildman–Crippen MR) is 109 cm³/mol. The number of hydrogen-bond acceptors (Lipinski definition) is 7. The average molecular weight is 415 g/mol. The number of likely N-dealkylation sites (N-methyl/N-ethyl adjacent to an activating group) is 1. The fourth-order valence-electron chi connectivity index (χ4n) is 3.38. The summed E-state index contributed by atoms with van der Waals surface area (Å²) < 4.78 is 6.30. The predicted octanol–water partition coefficient (Wildman–Crippen LogP) is 1.02. The Balaban J connectivity index is 1.80. The molecule has 1 aromatic carbocycles. The number of likely N-dealkylation sites (tertiary alicyclic amines) is 1. The summed E-state index contributed by atoms with van der Waals surface area (Å²) in [7, 11) is 2.88. The first-order valence-corrected chi connectivity index (χ1v) is 9.35. The van der Waals surface area contributed by atoms with Gasteiger partial charge in [-0.05, 0) is 18.2 Å². The lowest BCUT2D eigenvalue weighted by molar-refractivity contribution is -0.137. The summed E-state index contributed by atoms with van der Waals surface area (Å²) in [5.74, 6) is 4.48. The second-order valence-corrected chi connectivity index (χ2v) is 7.09. The van der Waals surface area contributed by atoms with Crippen LogP contribution in [0, 0.1) is 23.2 Å². The maximum absolute atomic E-state index is 12.2. The van der Waals surface area contributed by atoms with E-state index in [4.69, 9.17) is 4.74 Å². The number of hydrogen-bond donors (Lipinski definition) is 1. The van der Waals surface area contributed by atoms with Gasteiger partial charge in [0, 0.05) is 37.8 Å². The summed E-state index contributed by atoms with van der Waals surface area (Å²) in [6.07, 6.45) is 1.65. The second-order valence-electron chi connectivity index (χ2n) is 7.09. The number of nitrogens with zero attached hydrogens (tertiary/aromatic N) is 5. The number of esters is 1. The van der Waals surface area contributed by atoms with E-state index in [0.717, 1.165) is 0 Å². The van der Waals surface area contributed by atoms with Gasteiger partial charge in [0.15, 0.2) is 5.69 Å². The van der Waals surface area contributed by atoms with E-state index in [1.165, 1.54) is 29.0 Å². The molecule has 0 aliphatic carbocycles. The molecule has 0 spiro atoms. The van der Waals surface area contributed by atoms with Crippen LogP contribution in [0.25, 0.3) is 16.6 Å². The third kappa shape index (κ3) is 3.48. The molecule has 9 nitrogen and oxygen atoms in total. The monoisotopic (exact) mass is 415 g/mol. The third-order valence-corrected chi connectivity index (χ3v) is 5.07. The highest BCUT2D eigenvalue weighted by Crippen LogP contribution is 2.24. The molecule has 4 rings (SSSR count). The zero-order valence-electron chi connectivity index (χ0n) is 16.8. The number of pyridine rings is 1. The number of aliphatic hydroxyl groups is 1. The molecule has 1 saturated heterocycles. The maximum Gasteiger partial charge on any atom is 0.359 e. The number of nitriles is 1. The van der Waals surface area contributed by atoms with Crippen molar-refractivity contribution in [1.82, 2.24) is 19.7 Å². The Labute approximate surface area is 177 Å². The molecule has 1 aliphatic rings. The molecule has 3 aromatic rings. The van der Waals surface area contributed by atoms with Gasteiger partial charge in [-0.25, -0.2) is 14.5 Å². The van der Waals surface area contributed by atoms with Crippen LogP contribution in [0.5, 0.6) is 0 Å². The van der Waals surface area contributed by atoms with E-state index in [0.29, 0.717) is 28.7 Å². The number of carbonyl (C=O) groups is 2. The first-order chi connectivity index (χ1) is 14.9. The average Bonchev–Trinajstić information content (AvgIpc) is 3.30. The molecule has 154 valence electrons. The topological polar surface area (TPSA) is 121 Å². The lowest BCUT2D eigenvalue weighted by Crippen LogP contribution is -2.37. The van der Waals surface area contributed by atoms with Crippen molar-refractivity contribution in [3.05, 3.63) is 53.5 Å². The molecule has 1 N–H and O–H groups in total. The van der Waals surface area contributed by atoms with Crippen LogP contribution in [0.15, 0.2) is 36.5 Å². The minimum Gasteiger partial charge on any atom is -0.464 e. The molecule has 0 radical (unpaired) electrons. The molecule has 2 aromatic heterocycles. The Hall–Kier alpha value is -4.21. The summed E-state index contributed by atoms with van der Waals surface area (Å²) >= 11 is 0. The summed E-state index contributed by atoms with van der Waals surface area (Å²) in [4.78, 5) is 29.7. The van der Waals surface area contributed by atoms with E-state index in [2.05, 4.69) is 21.9 Å². The standard InChI is InChI=1S/C22H17N5O4/c1-26-9-8-22(30,21(26)29)7-6-14-4-3-5-16(10-14)27-18-11-15(12-23)24-13-17(18)19(25-27)20(28)31-2/h3-5,10-11,13,30H,8-9H2,1-2H3. The summed E-state index contributed by atoms with van der Waals surface area (Å²) in [6, 6.07) is 10.4. The van der Waals surface area contributed by atoms with Gasteiger partial charge in [-0.2, -0.15) is 10.4 Å². The van der Waals surface area contributed by atoms with E-state index < -0.39 is 17.5 Å². The molecule has 0 bridgehead atoms. The Morgan fingerprint density at radius 1 is 1.35 bits per heavy atom. The van der Waals surface area contributed by atoms with Gasteiger partial charge in [-0.1, -0.05) is 17.9 Å². The van der Waals surface area contributed by atoms with Gasteiger partial charge in [0.2, 0.25) is 5.60 Å². The molecule has 1 unspecified atom stereocenters. The van der Waals surface area contributed by atoms with Crippen molar-refractivity contribution in [1.29, 1.82) is 5.26 Å². The first-order valence-electron chi connectivity index (χ1n) is 9.35. The van der Waals surface area contributed by atoms with Gasteiger partial charge in [0.05, 0.1) is 23.7 Å². The van der Waals surface area contributed by atoms with Gasteiger partial charge in [-0.15, -0.1) is 0 Å². The summed E-state index contributed by atoms with van der Waals surface area (Å²) in [5, 5.41) is 24.5. The Kier molecular flexibility index (Phi) is 4.90. The molecule has 9 heteroatoms. The lowest BCUT2D eigenvalue weighted by Gasteiger charge is -2.13. The first kappa shape index (κ1) is 20.1. The number of amides is 1. The fraction of sp³-hybridized carbons (Fsp3) is 0.227. The second kappa shape index (κ2) is 7.56. The molecular weight excluding hydrogens is 398 g/mol. The van der Waals surface area contributed by atoms with E-state index in [1.807, 2.05) is 6.07 Å². The van der Waals surface area contributed by atoms with E-state index in [-0.39, 0.29) is 17.8 Å². The van der Waals surface area contributed by atoms with Crippen LogP contribution in [0.2, 0.25) is 0 Å². The number of methoxy groups -OCH3 is 1. The Morgan fingerprint density at radius 3 is 2.84 bits per heavy atom. The number of aromatic nitrogens is 3. The van der Waals surface area contributed by atoms with Gasteiger partial charge in [-0.3, -0.25) is 4.79 Å². The minimum atomic E-state index is -1.70. The quantitative estimate of drug-likeness (QED) is 0.490. The van der Waals surface area contributed by atoms with Crippen molar-refractivity contribution in [2.24, 2.45) is 0 Å². The van der Waals surface area contributed by atoms with E-state index in [1.54, 1.807) is 31.3 Å².